The van der Waals surface area contributed by atoms with Crippen LogP contribution in [0.3, 0.4) is 0 Å². The lowest BCUT2D eigenvalue weighted by Crippen LogP contribution is -2.52. The first kappa shape index (κ1) is 31.2. The molecular formula is C35H36FN9O3. The van der Waals surface area contributed by atoms with Crippen LogP contribution in [0.2, 0.25) is 0 Å². The smallest absolute Gasteiger partial charge is 0.321 e. The van der Waals surface area contributed by atoms with Gasteiger partial charge in [-0.2, -0.15) is 5.21 Å². The van der Waals surface area contributed by atoms with Crippen LogP contribution >= 0.6 is 0 Å². The third kappa shape index (κ3) is 6.53. The van der Waals surface area contributed by atoms with E-state index in [1.165, 1.54) is 11.0 Å². The molecule has 1 atom stereocenters. The summed E-state index contributed by atoms with van der Waals surface area (Å²) in [6.45, 7) is 2.96. The molecule has 0 spiro atoms. The van der Waals surface area contributed by atoms with Crippen molar-refractivity contribution in [3.05, 3.63) is 101 Å². The number of para-hydroxylation sites is 1. The summed E-state index contributed by atoms with van der Waals surface area (Å²) < 4.78 is 15.4. The molecule has 3 aromatic carbocycles. The van der Waals surface area contributed by atoms with Gasteiger partial charge in [-0.25, -0.2) is 14.2 Å². The van der Waals surface area contributed by atoms with Crippen molar-refractivity contribution >= 4 is 34.9 Å². The average Bonchev–Trinajstić information content (AvgIpc) is 3.34. The molecular weight excluding hydrogens is 613 g/mol. The van der Waals surface area contributed by atoms with Gasteiger partial charge in [0, 0.05) is 36.3 Å². The van der Waals surface area contributed by atoms with Gasteiger partial charge >= 0.3 is 6.03 Å². The van der Waals surface area contributed by atoms with Gasteiger partial charge in [-0.15, -0.1) is 10.2 Å². The lowest BCUT2D eigenvalue weighted by molar-refractivity contribution is -0.132. The molecule has 1 unspecified atom stereocenters. The highest BCUT2D eigenvalue weighted by Crippen LogP contribution is 2.35. The van der Waals surface area contributed by atoms with Crippen LogP contribution in [0.1, 0.15) is 53.8 Å². The number of halogens is 1. The predicted molar refractivity (Wildman–Crippen MR) is 177 cm³/mol. The molecule has 1 aliphatic carbocycles. The van der Waals surface area contributed by atoms with Crippen molar-refractivity contribution in [1.29, 1.82) is 0 Å². The Labute approximate surface area is 276 Å². The second-order valence-electron chi connectivity index (χ2n) is 12.7. The maximum absolute atomic E-state index is 15.4. The number of urea groups is 1. The number of aromatic amines is 1. The van der Waals surface area contributed by atoms with Crippen molar-refractivity contribution in [2.45, 2.75) is 45.2 Å². The van der Waals surface area contributed by atoms with Crippen molar-refractivity contribution in [3.63, 3.8) is 0 Å². The molecule has 3 fully saturated rings. The van der Waals surface area contributed by atoms with Gasteiger partial charge in [-0.3, -0.25) is 14.5 Å². The lowest BCUT2D eigenvalue weighted by Gasteiger charge is -2.30. The second-order valence-corrected chi connectivity index (χ2v) is 12.7. The minimum Gasteiger partial charge on any atom is -0.341 e. The number of nitrogens with one attached hydrogen (secondary N) is 3. The normalized spacial score (nSPS) is 20.4. The number of aromatic nitrogens is 4. The number of amides is 4. The highest BCUT2D eigenvalue weighted by atomic mass is 19.1. The number of tetrazole rings is 1. The van der Waals surface area contributed by atoms with Gasteiger partial charge < -0.3 is 15.5 Å². The standard InChI is InChI=1S/C35H36FN9O3/c1-21-6-4-10-27-31(26-9-2-3-11-28(26)36)38-33(39-35(48)37-25-8-5-7-24(16-25)17-29-40-42-43-41-29)34(47)45(32(21)27)20-30(46)44-18-22-12-13-23(19-44)15-14-22/h2-11,16,22-23,33H,12-15,17-20H2,1H3,(H2,37,39,48)(H,40,41,42,43). The van der Waals surface area contributed by atoms with Crippen molar-refractivity contribution < 1.29 is 18.8 Å². The topological polar surface area (TPSA) is 149 Å². The lowest BCUT2D eigenvalue weighted by atomic mass is 9.84. The Bertz CT molecular complexity index is 1860. The number of nitrogens with zero attached hydrogens (tertiary/aromatic N) is 6. The van der Waals surface area contributed by atoms with Gasteiger partial charge in [-0.05, 0) is 79.8 Å². The number of anilines is 2. The van der Waals surface area contributed by atoms with Crippen LogP contribution in [0.25, 0.3) is 0 Å². The number of fused-ring (bicyclic) bond motifs is 5. The van der Waals surface area contributed by atoms with E-state index in [4.69, 9.17) is 4.99 Å². The zero-order valence-electron chi connectivity index (χ0n) is 26.5. The summed E-state index contributed by atoms with van der Waals surface area (Å²) in [6.07, 6.45) is 3.38. The number of hydrogen-bond acceptors (Lipinski definition) is 7. The van der Waals surface area contributed by atoms with E-state index in [2.05, 4.69) is 31.3 Å². The van der Waals surface area contributed by atoms with Gasteiger partial charge in [-0.1, -0.05) is 47.7 Å². The fraction of sp³-hybridized carbons (Fsp3) is 0.343. The summed E-state index contributed by atoms with van der Waals surface area (Å²) in [5.74, 6) is 0.134. The fourth-order valence-corrected chi connectivity index (χ4v) is 7.06. The predicted octanol–water partition coefficient (Wildman–Crippen LogP) is 4.22. The zero-order valence-corrected chi connectivity index (χ0v) is 26.5. The van der Waals surface area contributed by atoms with E-state index in [0.29, 0.717) is 54.1 Å². The van der Waals surface area contributed by atoms with Crippen LogP contribution in [0.5, 0.6) is 0 Å². The summed E-state index contributed by atoms with van der Waals surface area (Å²) in [6, 6.07) is 18.0. The Kier molecular flexibility index (Phi) is 8.66. The maximum atomic E-state index is 15.4. The number of hydrogen-bond donors (Lipinski definition) is 3. The van der Waals surface area contributed by atoms with E-state index < -0.39 is 23.9 Å². The van der Waals surface area contributed by atoms with Gasteiger partial charge in [0.1, 0.15) is 12.4 Å². The summed E-state index contributed by atoms with van der Waals surface area (Å²) in [7, 11) is 0. The first-order valence-electron chi connectivity index (χ1n) is 16.2. The highest BCUT2D eigenvalue weighted by molar-refractivity contribution is 6.21. The Morgan fingerprint density at radius 1 is 0.958 bits per heavy atom. The van der Waals surface area contributed by atoms with Gasteiger partial charge in [0.2, 0.25) is 12.1 Å². The minimum atomic E-state index is -1.46. The molecule has 1 saturated carbocycles. The van der Waals surface area contributed by atoms with Gasteiger partial charge in [0.15, 0.2) is 5.82 Å². The maximum Gasteiger partial charge on any atom is 0.321 e. The van der Waals surface area contributed by atoms with E-state index in [1.807, 2.05) is 30.0 Å². The Balaban J connectivity index is 1.21. The monoisotopic (exact) mass is 649 g/mol. The van der Waals surface area contributed by atoms with Crippen LogP contribution < -0.4 is 15.5 Å². The zero-order chi connectivity index (χ0) is 33.2. The molecule has 3 aliphatic heterocycles. The number of H-pyrrole nitrogens is 1. The minimum absolute atomic E-state index is 0.160. The van der Waals surface area contributed by atoms with E-state index in [1.54, 1.807) is 42.5 Å². The molecule has 246 valence electrons. The number of benzodiazepines with no additional fused rings is 1. The van der Waals surface area contributed by atoms with Crippen molar-refractivity contribution in [3.8, 4) is 0 Å². The summed E-state index contributed by atoms with van der Waals surface area (Å²) in [5.41, 5.74) is 3.36. The summed E-state index contributed by atoms with van der Waals surface area (Å²) in [5, 5.41) is 19.4. The first-order valence-corrected chi connectivity index (χ1v) is 16.2. The number of benzene rings is 3. The van der Waals surface area contributed by atoms with Crippen LogP contribution in [0, 0.1) is 24.6 Å². The van der Waals surface area contributed by atoms with Crippen LogP contribution in [0.15, 0.2) is 71.7 Å². The molecule has 4 heterocycles. The third-order valence-electron chi connectivity index (χ3n) is 9.42. The number of carbonyl (C=O) groups excluding carboxylic acids is 3. The molecule has 2 saturated heterocycles. The summed E-state index contributed by atoms with van der Waals surface area (Å²) in [4.78, 5) is 49.9. The van der Waals surface area contributed by atoms with Crippen molar-refractivity contribution in [2.75, 3.05) is 29.9 Å². The molecule has 8 rings (SSSR count). The molecule has 1 aromatic heterocycles. The quantitative estimate of drug-likeness (QED) is 0.273. The summed E-state index contributed by atoms with van der Waals surface area (Å²) >= 11 is 0. The van der Waals surface area contributed by atoms with E-state index in [9.17, 15) is 14.4 Å². The van der Waals surface area contributed by atoms with Crippen molar-refractivity contribution in [1.82, 2.24) is 30.8 Å². The Hall–Kier alpha value is -5.46. The largest absolute Gasteiger partial charge is 0.341 e. The number of carbonyl (C=O) groups is 3. The highest BCUT2D eigenvalue weighted by Gasteiger charge is 2.38. The van der Waals surface area contributed by atoms with Crippen LogP contribution in [-0.4, -0.2) is 74.9 Å². The van der Waals surface area contributed by atoms with Crippen LogP contribution in [0.4, 0.5) is 20.6 Å². The fourth-order valence-electron chi connectivity index (χ4n) is 7.06. The molecule has 4 aromatic rings. The van der Waals surface area contributed by atoms with E-state index >= 15 is 4.39 Å². The third-order valence-corrected chi connectivity index (χ3v) is 9.42. The molecule has 4 amide bonds. The Morgan fingerprint density at radius 2 is 1.69 bits per heavy atom. The molecule has 3 N–H and O–H groups in total. The first-order chi connectivity index (χ1) is 23.3. The molecule has 0 radical (unpaired) electrons. The van der Waals surface area contributed by atoms with Crippen LogP contribution in [-0.2, 0) is 16.0 Å². The average molecular weight is 650 g/mol. The molecule has 48 heavy (non-hydrogen) atoms. The SMILES string of the molecule is Cc1cccc2c1N(CC(=O)N1CC3CCC(CC3)C1)C(=O)C(NC(=O)Nc1cccc(Cc3nn[nH]n3)c1)N=C2c1ccccc1F. The van der Waals surface area contributed by atoms with Gasteiger partial charge in [0.05, 0.1) is 11.4 Å². The Morgan fingerprint density at radius 3 is 2.42 bits per heavy atom. The van der Waals surface area contributed by atoms with Gasteiger partial charge in [0.25, 0.3) is 5.91 Å². The van der Waals surface area contributed by atoms with E-state index in [0.717, 1.165) is 36.8 Å². The molecule has 2 bridgehead atoms. The second kappa shape index (κ2) is 13.3. The molecule has 12 nitrogen and oxygen atoms in total. The number of aryl methyl sites for hydroxylation is 1. The van der Waals surface area contributed by atoms with Crippen molar-refractivity contribution in [2.24, 2.45) is 16.8 Å². The molecule has 4 aliphatic rings. The number of aliphatic imine (C=N–C) groups is 1. The van der Waals surface area contributed by atoms with E-state index in [-0.39, 0.29) is 23.7 Å². The number of rotatable bonds is 7. The molecule has 13 heteroatoms.